The van der Waals surface area contributed by atoms with Crippen molar-refractivity contribution < 1.29 is 19.2 Å². The van der Waals surface area contributed by atoms with Crippen LogP contribution in [0, 0.1) is 17.0 Å². The smallest absolute Gasteiger partial charge is 0.273 e. The van der Waals surface area contributed by atoms with Crippen LogP contribution in [-0.4, -0.2) is 29.6 Å². The van der Waals surface area contributed by atoms with Gasteiger partial charge in [-0.3, -0.25) is 14.9 Å². The van der Waals surface area contributed by atoms with E-state index in [1.54, 1.807) is 13.0 Å². The van der Waals surface area contributed by atoms with Gasteiger partial charge in [-0.1, -0.05) is 18.2 Å². The predicted molar refractivity (Wildman–Crippen MR) is 101 cm³/mol. The lowest BCUT2D eigenvalue weighted by molar-refractivity contribution is -0.385. The zero-order chi connectivity index (χ0) is 19.6. The second kappa shape index (κ2) is 7.26. The summed E-state index contributed by atoms with van der Waals surface area (Å²) < 4.78 is 11.7. The van der Waals surface area contributed by atoms with Gasteiger partial charge in [0.05, 0.1) is 11.5 Å². The summed E-state index contributed by atoms with van der Waals surface area (Å²) >= 11 is 0. The van der Waals surface area contributed by atoms with Gasteiger partial charge < -0.3 is 14.8 Å². The molecule has 0 fully saturated rings. The van der Waals surface area contributed by atoms with Gasteiger partial charge >= 0.3 is 0 Å². The Hall–Kier alpha value is -3.09. The summed E-state index contributed by atoms with van der Waals surface area (Å²) in [5.41, 5.74) is 1.41. The molecular formula is C20H22N2O5. The second-order valence-electron chi connectivity index (χ2n) is 7.09. The van der Waals surface area contributed by atoms with E-state index in [1.165, 1.54) is 12.1 Å². The Morgan fingerprint density at radius 3 is 2.78 bits per heavy atom. The molecule has 0 saturated heterocycles. The van der Waals surface area contributed by atoms with Crippen molar-refractivity contribution in [2.45, 2.75) is 32.8 Å². The minimum absolute atomic E-state index is 0.0708. The Morgan fingerprint density at radius 1 is 1.30 bits per heavy atom. The topological polar surface area (TPSA) is 90.7 Å². The molecule has 1 aliphatic heterocycles. The number of amides is 1. The van der Waals surface area contributed by atoms with Crippen molar-refractivity contribution in [3.63, 3.8) is 0 Å². The van der Waals surface area contributed by atoms with Crippen LogP contribution in [-0.2, 0) is 6.42 Å². The third-order valence-electron chi connectivity index (χ3n) is 4.45. The minimum atomic E-state index is -0.493. The van der Waals surface area contributed by atoms with Crippen LogP contribution < -0.4 is 14.8 Å². The lowest BCUT2D eigenvalue weighted by Crippen LogP contribution is -2.29. The zero-order valence-electron chi connectivity index (χ0n) is 15.6. The highest BCUT2D eigenvalue weighted by Crippen LogP contribution is 2.41. The molecule has 1 amide bonds. The number of nitro groups is 1. The minimum Gasteiger partial charge on any atom is -0.488 e. The van der Waals surface area contributed by atoms with E-state index >= 15 is 0 Å². The molecule has 7 heteroatoms. The van der Waals surface area contributed by atoms with Crippen LogP contribution in [0.1, 0.15) is 35.3 Å². The normalized spacial score (nSPS) is 14.2. The highest BCUT2D eigenvalue weighted by atomic mass is 16.6. The van der Waals surface area contributed by atoms with Crippen LogP contribution in [0.3, 0.4) is 0 Å². The van der Waals surface area contributed by atoms with Crippen LogP contribution in [0.15, 0.2) is 36.4 Å². The van der Waals surface area contributed by atoms with Crippen molar-refractivity contribution in [2.24, 2.45) is 0 Å². The summed E-state index contributed by atoms with van der Waals surface area (Å²) in [7, 11) is 0. The highest BCUT2D eigenvalue weighted by molar-refractivity contribution is 5.96. The summed E-state index contributed by atoms with van der Waals surface area (Å²) in [6.45, 7) is 6.15. The lowest BCUT2D eigenvalue weighted by atomic mass is 10.0. The number of para-hydroxylation sites is 1. The van der Waals surface area contributed by atoms with Crippen LogP contribution in [0.2, 0.25) is 0 Å². The molecule has 0 spiro atoms. The molecular weight excluding hydrogens is 348 g/mol. The van der Waals surface area contributed by atoms with Crippen molar-refractivity contribution in [2.75, 3.05) is 13.2 Å². The van der Waals surface area contributed by atoms with Gasteiger partial charge in [-0.05, 0) is 32.9 Å². The number of nitrogens with zero attached hydrogens (tertiary/aromatic N) is 1. The van der Waals surface area contributed by atoms with Gasteiger partial charge in [-0.2, -0.15) is 0 Å². The van der Waals surface area contributed by atoms with Crippen LogP contribution in [0.4, 0.5) is 5.69 Å². The Balaban J connectivity index is 1.58. The zero-order valence-corrected chi connectivity index (χ0v) is 15.6. The first-order valence-electron chi connectivity index (χ1n) is 8.74. The van der Waals surface area contributed by atoms with Crippen molar-refractivity contribution in [1.29, 1.82) is 0 Å². The van der Waals surface area contributed by atoms with Gasteiger partial charge in [0.15, 0.2) is 11.5 Å². The number of ether oxygens (including phenoxy) is 2. The van der Waals surface area contributed by atoms with E-state index < -0.39 is 4.92 Å². The molecule has 0 bridgehead atoms. The molecule has 1 heterocycles. The fourth-order valence-electron chi connectivity index (χ4n) is 3.19. The fraction of sp³-hybridized carbons (Fsp3) is 0.350. The third kappa shape index (κ3) is 4.02. The van der Waals surface area contributed by atoms with Crippen LogP contribution in [0.5, 0.6) is 11.5 Å². The first kappa shape index (κ1) is 18.7. The molecule has 0 aliphatic carbocycles. The maximum absolute atomic E-state index is 12.3. The summed E-state index contributed by atoms with van der Waals surface area (Å²) in [5, 5.41) is 13.7. The van der Waals surface area contributed by atoms with Crippen molar-refractivity contribution >= 4 is 11.6 Å². The summed E-state index contributed by atoms with van der Waals surface area (Å²) in [5.74, 6) is 1.04. The molecule has 0 radical (unpaired) electrons. The number of fused-ring (bicyclic) bond motifs is 1. The quantitative estimate of drug-likeness (QED) is 0.478. The summed E-state index contributed by atoms with van der Waals surface area (Å²) in [6.07, 6.45) is 0.822. The largest absolute Gasteiger partial charge is 0.488 e. The number of rotatable bonds is 6. The van der Waals surface area contributed by atoms with Crippen molar-refractivity contribution in [1.82, 2.24) is 5.32 Å². The first-order valence-corrected chi connectivity index (χ1v) is 8.74. The van der Waals surface area contributed by atoms with E-state index in [0.29, 0.717) is 11.3 Å². The van der Waals surface area contributed by atoms with E-state index in [0.717, 1.165) is 17.7 Å². The molecule has 7 nitrogen and oxygen atoms in total. The number of carbonyl (C=O) groups excluding carboxylic acids is 1. The molecule has 142 valence electrons. The standard InChI is InChI=1S/C20H22N2O5/c1-13-15(7-5-8-16(13)22(24)25)19(23)21-10-11-26-17-9-4-6-14-12-20(2,3)27-18(14)17/h4-9H,10-12H2,1-3H3,(H,21,23). The third-order valence-corrected chi connectivity index (χ3v) is 4.45. The second-order valence-corrected chi connectivity index (χ2v) is 7.09. The molecule has 0 atom stereocenters. The molecule has 1 N–H and O–H groups in total. The van der Waals surface area contributed by atoms with Crippen molar-refractivity contribution in [3.8, 4) is 11.5 Å². The Bertz CT molecular complexity index is 892. The molecule has 1 aliphatic rings. The van der Waals surface area contributed by atoms with Gasteiger partial charge in [0.1, 0.15) is 12.2 Å². The SMILES string of the molecule is Cc1c(C(=O)NCCOc2cccc3c2OC(C)(C)C3)cccc1[N+](=O)[O-]. The molecule has 0 aromatic heterocycles. The average Bonchev–Trinajstić information content (AvgIpc) is 2.93. The number of hydrogen-bond acceptors (Lipinski definition) is 5. The molecule has 3 rings (SSSR count). The average molecular weight is 370 g/mol. The number of benzene rings is 2. The number of nitro benzene ring substituents is 1. The maximum atomic E-state index is 12.3. The Labute approximate surface area is 157 Å². The lowest BCUT2D eigenvalue weighted by Gasteiger charge is -2.18. The predicted octanol–water partition coefficient (Wildman–Crippen LogP) is 3.43. The van der Waals surface area contributed by atoms with Gasteiger partial charge in [-0.25, -0.2) is 0 Å². The number of hydrogen-bond donors (Lipinski definition) is 1. The summed E-state index contributed by atoms with van der Waals surface area (Å²) in [6, 6.07) is 10.2. The molecule has 0 unspecified atom stereocenters. The fourth-order valence-corrected chi connectivity index (χ4v) is 3.19. The number of nitrogens with one attached hydrogen (secondary N) is 1. The van der Waals surface area contributed by atoms with E-state index in [2.05, 4.69) is 5.32 Å². The molecule has 2 aromatic rings. The summed E-state index contributed by atoms with van der Waals surface area (Å²) in [4.78, 5) is 22.8. The van der Waals surface area contributed by atoms with Gasteiger partial charge in [0.2, 0.25) is 0 Å². The Kier molecular flexibility index (Phi) is 5.03. The molecule has 27 heavy (non-hydrogen) atoms. The monoisotopic (exact) mass is 370 g/mol. The van der Waals surface area contributed by atoms with Gasteiger partial charge in [0.25, 0.3) is 11.6 Å². The van der Waals surface area contributed by atoms with Gasteiger partial charge in [0, 0.05) is 29.2 Å². The highest BCUT2D eigenvalue weighted by Gasteiger charge is 2.32. The first-order chi connectivity index (χ1) is 12.8. The Morgan fingerprint density at radius 2 is 2.04 bits per heavy atom. The van der Waals surface area contributed by atoms with E-state index in [1.807, 2.05) is 32.0 Å². The van der Waals surface area contributed by atoms with Crippen LogP contribution >= 0.6 is 0 Å². The molecule has 2 aromatic carbocycles. The van der Waals surface area contributed by atoms with Crippen molar-refractivity contribution in [3.05, 3.63) is 63.2 Å². The van der Waals surface area contributed by atoms with E-state index in [9.17, 15) is 14.9 Å². The van der Waals surface area contributed by atoms with Crippen LogP contribution in [0.25, 0.3) is 0 Å². The van der Waals surface area contributed by atoms with E-state index in [-0.39, 0.29) is 35.9 Å². The van der Waals surface area contributed by atoms with E-state index in [4.69, 9.17) is 9.47 Å². The van der Waals surface area contributed by atoms with Gasteiger partial charge in [-0.15, -0.1) is 0 Å². The molecule has 0 saturated carbocycles. The number of carbonyl (C=O) groups is 1. The maximum Gasteiger partial charge on any atom is 0.273 e.